The third kappa shape index (κ3) is 4.93. The minimum Gasteiger partial charge on any atom is -0.462 e. The number of nitrogens with one attached hydrogen (secondary N) is 2. The number of esters is 1. The summed E-state index contributed by atoms with van der Waals surface area (Å²) in [6.07, 6.45) is 1.49. The Morgan fingerprint density at radius 1 is 1.21 bits per heavy atom. The molecule has 1 aromatic carbocycles. The van der Waals surface area contributed by atoms with Crippen molar-refractivity contribution in [2.75, 3.05) is 38.7 Å². The number of halogens is 1. The first kappa shape index (κ1) is 20.4. The molecule has 0 aromatic heterocycles. The highest BCUT2D eigenvalue weighted by Gasteiger charge is 2.39. The molecule has 6 nitrogen and oxygen atoms in total. The van der Waals surface area contributed by atoms with Gasteiger partial charge in [0.1, 0.15) is 0 Å². The van der Waals surface area contributed by atoms with Crippen molar-refractivity contribution in [3.05, 3.63) is 29.8 Å². The molecule has 134 valence electrons. The normalized spacial score (nSPS) is 15.9. The number of anilines is 1. The van der Waals surface area contributed by atoms with E-state index in [1.54, 1.807) is 38.3 Å². The lowest BCUT2D eigenvalue weighted by Crippen LogP contribution is -2.47. The van der Waals surface area contributed by atoms with Crippen LogP contribution in [0.1, 0.15) is 30.1 Å². The first-order valence-electron chi connectivity index (χ1n) is 7.89. The molecule has 0 atom stereocenters. The van der Waals surface area contributed by atoms with Crippen LogP contribution in [0.25, 0.3) is 0 Å². The van der Waals surface area contributed by atoms with Gasteiger partial charge in [-0.2, -0.15) is 0 Å². The number of benzene rings is 1. The number of piperidine rings is 1. The third-order valence-corrected chi connectivity index (χ3v) is 4.12. The Kier molecular flexibility index (Phi) is 8.18. The molecule has 0 spiro atoms. The van der Waals surface area contributed by atoms with Crippen molar-refractivity contribution in [1.82, 2.24) is 5.32 Å². The van der Waals surface area contributed by atoms with Gasteiger partial charge < -0.3 is 20.1 Å². The average Bonchev–Trinajstić information content (AvgIpc) is 2.57. The maximum atomic E-state index is 12.7. The quantitative estimate of drug-likeness (QED) is 0.764. The monoisotopic (exact) mass is 356 g/mol. The van der Waals surface area contributed by atoms with Crippen molar-refractivity contribution < 1.29 is 19.1 Å². The van der Waals surface area contributed by atoms with Crippen LogP contribution in [0, 0.1) is 5.41 Å². The number of amides is 1. The molecule has 0 saturated carbocycles. The fourth-order valence-corrected chi connectivity index (χ4v) is 2.79. The van der Waals surface area contributed by atoms with Crippen molar-refractivity contribution in [2.45, 2.75) is 19.8 Å². The van der Waals surface area contributed by atoms with Gasteiger partial charge in [-0.3, -0.25) is 4.79 Å². The summed E-state index contributed by atoms with van der Waals surface area (Å²) >= 11 is 0. The van der Waals surface area contributed by atoms with Gasteiger partial charge in [-0.1, -0.05) is 0 Å². The summed E-state index contributed by atoms with van der Waals surface area (Å²) in [4.78, 5) is 24.3. The van der Waals surface area contributed by atoms with E-state index in [4.69, 9.17) is 9.47 Å². The summed E-state index contributed by atoms with van der Waals surface area (Å²) in [5.74, 6) is -0.399. The maximum Gasteiger partial charge on any atom is 0.338 e. The number of hydrogen-bond donors (Lipinski definition) is 2. The smallest absolute Gasteiger partial charge is 0.338 e. The van der Waals surface area contributed by atoms with E-state index >= 15 is 0 Å². The van der Waals surface area contributed by atoms with Crippen molar-refractivity contribution in [3.8, 4) is 0 Å². The summed E-state index contributed by atoms with van der Waals surface area (Å²) in [5, 5.41) is 6.20. The third-order valence-electron chi connectivity index (χ3n) is 4.12. The van der Waals surface area contributed by atoms with E-state index in [9.17, 15) is 9.59 Å². The van der Waals surface area contributed by atoms with Gasteiger partial charge in [0.05, 0.1) is 24.2 Å². The summed E-state index contributed by atoms with van der Waals surface area (Å²) in [6, 6.07) is 6.73. The second-order valence-corrected chi connectivity index (χ2v) is 5.72. The molecule has 0 bridgehead atoms. The highest BCUT2D eigenvalue weighted by molar-refractivity contribution is 5.96. The molecule has 1 aliphatic rings. The second-order valence-electron chi connectivity index (χ2n) is 5.72. The molecule has 24 heavy (non-hydrogen) atoms. The van der Waals surface area contributed by atoms with Gasteiger partial charge in [0.15, 0.2) is 0 Å². The molecular formula is C17H25ClN2O4. The lowest BCUT2D eigenvalue weighted by molar-refractivity contribution is -0.130. The van der Waals surface area contributed by atoms with E-state index in [1.165, 1.54) is 0 Å². The van der Waals surface area contributed by atoms with Crippen molar-refractivity contribution in [2.24, 2.45) is 5.41 Å². The van der Waals surface area contributed by atoms with Gasteiger partial charge in [-0.05, 0) is 57.1 Å². The fourth-order valence-electron chi connectivity index (χ4n) is 2.79. The minimum atomic E-state index is -0.500. The molecule has 1 fully saturated rings. The minimum absolute atomic E-state index is 0. The van der Waals surface area contributed by atoms with Crippen molar-refractivity contribution in [3.63, 3.8) is 0 Å². The number of hydrogen-bond acceptors (Lipinski definition) is 5. The zero-order chi connectivity index (χ0) is 16.7. The van der Waals surface area contributed by atoms with Gasteiger partial charge >= 0.3 is 5.97 Å². The molecule has 7 heteroatoms. The summed E-state index contributed by atoms with van der Waals surface area (Å²) < 4.78 is 10.2. The van der Waals surface area contributed by atoms with Gasteiger partial charge in [-0.15, -0.1) is 12.4 Å². The fraction of sp³-hybridized carbons (Fsp3) is 0.529. The van der Waals surface area contributed by atoms with Crippen LogP contribution in [-0.2, 0) is 14.3 Å². The van der Waals surface area contributed by atoms with E-state index in [-0.39, 0.29) is 24.3 Å². The van der Waals surface area contributed by atoms with E-state index < -0.39 is 5.41 Å². The van der Waals surface area contributed by atoms with Crippen LogP contribution >= 0.6 is 12.4 Å². The van der Waals surface area contributed by atoms with Crippen molar-refractivity contribution in [1.29, 1.82) is 0 Å². The molecule has 1 saturated heterocycles. The van der Waals surface area contributed by atoms with E-state index in [0.717, 1.165) is 25.9 Å². The van der Waals surface area contributed by atoms with Crippen LogP contribution in [-0.4, -0.2) is 45.3 Å². The Labute approximate surface area is 148 Å². The Morgan fingerprint density at radius 3 is 2.38 bits per heavy atom. The average molecular weight is 357 g/mol. The van der Waals surface area contributed by atoms with Gasteiger partial charge in [0.25, 0.3) is 0 Å². The molecular weight excluding hydrogens is 332 g/mol. The molecule has 2 rings (SSSR count). The molecule has 1 aromatic rings. The number of ether oxygens (including phenoxy) is 2. The molecule has 2 N–H and O–H groups in total. The molecule has 0 aliphatic carbocycles. The first-order valence-corrected chi connectivity index (χ1v) is 7.89. The highest BCUT2D eigenvalue weighted by atomic mass is 35.5. The topological polar surface area (TPSA) is 76.7 Å². The molecule has 1 amide bonds. The first-order chi connectivity index (χ1) is 11.1. The molecule has 1 aliphatic heterocycles. The summed E-state index contributed by atoms with van der Waals surface area (Å²) in [5.41, 5.74) is 0.634. The van der Waals surface area contributed by atoms with Gasteiger partial charge in [0.2, 0.25) is 5.91 Å². The Morgan fingerprint density at radius 2 is 1.83 bits per heavy atom. The number of rotatable bonds is 6. The highest BCUT2D eigenvalue weighted by Crippen LogP contribution is 2.31. The standard InChI is InChI=1S/C17H24N2O4.ClH/c1-3-23-15(20)13-4-6-14(7-5-13)19-16(21)17(12-22-2)8-10-18-11-9-17;/h4-7,18H,3,8-12H2,1-2H3,(H,19,21);1H. The van der Waals surface area contributed by atoms with Crippen LogP contribution in [0.3, 0.4) is 0 Å². The zero-order valence-corrected chi connectivity index (χ0v) is 14.9. The largest absolute Gasteiger partial charge is 0.462 e. The summed E-state index contributed by atoms with van der Waals surface area (Å²) in [7, 11) is 1.62. The lowest BCUT2D eigenvalue weighted by atomic mass is 9.78. The predicted octanol–water partition coefficient (Wildman–Crippen LogP) is 2.24. The zero-order valence-electron chi connectivity index (χ0n) is 14.1. The van der Waals surface area contributed by atoms with Crippen LogP contribution < -0.4 is 10.6 Å². The number of methoxy groups -OCH3 is 1. The Bertz CT molecular complexity index is 537. The van der Waals surface area contributed by atoms with E-state index in [2.05, 4.69) is 10.6 Å². The van der Waals surface area contributed by atoms with Crippen LogP contribution in [0.5, 0.6) is 0 Å². The molecule has 0 unspecified atom stereocenters. The van der Waals surface area contributed by atoms with Crippen LogP contribution in [0.2, 0.25) is 0 Å². The Hall–Kier alpha value is -1.63. The lowest BCUT2D eigenvalue weighted by Gasteiger charge is -2.35. The predicted molar refractivity (Wildman–Crippen MR) is 94.7 cm³/mol. The van der Waals surface area contributed by atoms with Gasteiger partial charge in [0, 0.05) is 12.8 Å². The number of carbonyl (C=O) groups is 2. The molecule has 0 radical (unpaired) electrons. The van der Waals surface area contributed by atoms with E-state index in [0.29, 0.717) is 24.5 Å². The van der Waals surface area contributed by atoms with Crippen LogP contribution in [0.4, 0.5) is 5.69 Å². The van der Waals surface area contributed by atoms with Crippen molar-refractivity contribution >= 4 is 30.0 Å². The number of carbonyl (C=O) groups excluding carboxylic acids is 2. The van der Waals surface area contributed by atoms with Crippen LogP contribution in [0.15, 0.2) is 24.3 Å². The summed E-state index contributed by atoms with van der Waals surface area (Å²) in [6.45, 7) is 4.12. The Balaban J connectivity index is 0.00000288. The van der Waals surface area contributed by atoms with Gasteiger partial charge in [-0.25, -0.2) is 4.79 Å². The second kappa shape index (κ2) is 9.61. The molecule has 1 heterocycles. The van der Waals surface area contributed by atoms with E-state index in [1.807, 2.05) is 0 Å². The SMILES string of the molecule is CCOC(=O)c1ccc(NC(=O)C2(COC)CCNCC2)cc1.Cl. The maximum absolute atomic E-state index is 12.7.